The van der Waals surface area contributed by atoms with E-state index in [-0.39, 0.29) is 19.3 Å². The normalized spacial score (nSPS) is 11.3. The number of nitrogens with one attached hydrogen (secondary N) is 3. The number of thiophene rings is 1. The number of hydrogen-bond acceptors (Lipinski definition) is 10. The first-order chi connectivity index (χ1) is 15.7. The molecule has 0 saturated heterocycles. The number of ether oxygens (including phenoxy) is 1. The molecule has 0 bridgehead atoms. The second-order valence-electron chi connectivity index (χ2n) is 6.69. The number of anilines is 2. The molecule has 3 heterocycles. The number of nitrogens with zero attached hydrogens (tertiary/aromatic N) is 6. The smallest absolute Gasteiger partial charge is 0.177 e. The molecule has 0 radical (unpaired) electrons. The summed E-state index contributed by atoms with van der Waals surface area (Å²) in [6.07, 6.45) is 4.35. The van der Waals surface area contributed by atoms with E-state index < -0.39 is 0 Å². The number of hydrogen-bond donors (Lipinski definition) is 4. The fourth-order valence-electron chi connectivity index (χ4n) is 2.93. The molecule has 0 amide bonds. The average molecular weight is 454 g/mol. The van der Waals surface area contributed by atoms with Crippen molar-refractivity contribution in [3.63, 3.8) is 0 Å². The average Bonchev–Trinajstić information content (AvgIpc) is 3.30. The number of aromatic nitrogens is 3. The molecule has 166 valence electrons. The predicted molar refractivity (Wildman–Crippen MR) is 125 cm³/mol. The molecular formula is C20H23N9O2S. The van der Waals surface area contributed by atoms with Gasteiger partial charge in [-0.1, -0.05) is 12.0 Å². The van der Waals surface area contributed by atoms with Gasteiger partial charge in [0.25, 0.3) is 0 Å². The molecule has 11 nitrogen and oxygen atoms in total. The molecule has 1 unspecified atom stereocenters. The highest BCUT2D eigenvalue weighted by Crippen LogP contribution is 2.32. The summed E-state index contributed by atoms with van der Waals surface area (Å²) < 4.78 is 5.52. The van der Waals surface area contributed by atoms with Crippen molar-refractivity contribution < 1.29 is 9.84 Å². The van der Waals surface area contributed by atoms with Gasteiger partial charge in [0.15, 0.2) is 11.8 Å². The molecule has 4 N–H and O–H groups in total. The lowest BCUT2D eigenvalue weighted by atomic mass is 10.0. The van der Waals surface area contributed by atoms with Gasteiger partial charge >= 0.3 is 0 Å². The monoisotopic (exact) mass is 453 g/mol. The Kier molecular flexibility index (Phi) is 8.32. The Morgan fingerprint density at radius 2 is 2.22 bits per heavy atom. The Morgan fingerprint density at radius 1 is 1.34 bits per heavy atom. The summed E-state index contributed by atoms with van der Waals surface area (Å²) in [5, 5.41) is 29.0. The van der Waals surface area contributed by atoms with E-state index in [9.17, 15) is 0 Å². The summed E-state index contributed by atoms with van der Waals surface area (Å²) in [7, 11) is 0. The number of aliphatic hydroxyl groups excluding tert-OH is 1. The third kappa shape index (κ3) is 5.91. The molecule has 0 aliphatic carbocycles. The summed E-state index contributed by atoms with van der Waals surface area (Å²) in [6, 6.07) is 5.63. The minimum absolute atomic E-state index is 0.0208. The zero-order valence-electron chi connectivity index (χ0n) is 17.4. The van der Waals surface area contributed by atoms with E-state index in [1.165, 1.54) is 23.9 Å². The first kappa shape index (κ1) is 22.9. The topological polar surface area (TPSA) is 165 Å². The van der Waals surface area contributed by atoms with Crippen molar-refractivity contribution in [1.82, 2.24) is 15.0 Å². The van der Waals surface area contributed by atoms with Crippen LogP contribution in [0.25, 0.3) is 21.7 Å². The van der Waals surface area contributed by atoms with Crippen molar-refractivity contribution in [2.75, 3.05) is 37.1 Å². The standard InChI is InChI=1S/C20H23N9O2S/c1-13(16-2-5-32-20(16)31-12-28-29-22)9-24-18-7-17(26-11-27-18)15-6-14(8-21)19(25-10-15)23-3-4-30/h2,5-8,10-11,13,21,30H,3-4,9,12H2,1H3,(H,23,25)(H,24,26,27). The summed E-state index contributed by atoms with van der Waals surface area (Å²) in [5.74, 6) is 1.32. The summed E-state index contributed by atoms with van der Waals surface area (Å²) in [5.41, 5.74) is 11.4. The molecule has 0 aliphatic rings. The summed E-state index contributed by atoms with van der Waals surface area (Å²) in [6.45, 7) is 2.97. The molecule has 3 aromatic heterocycles. The minimum Gasteiger partial charge on any atom is -0.478 e. The molecule has 3 aromatic rings. The van der Waals surface area contributed by atoms with Crippen LogP contribution in [0.4, 0.5) is 11.6 Å². The molecule has 32 heavy (non-hydrogen) atoms. The maximum Gasteiger partial charge on any atom is 0.177 e. The van der Waals surface area contributed by atoms with Crippen LogP contribution in [0.3, 0.4) is 0 Å². The van der Waals surface area contributed by atoms with Crippen LogP contribution in [-0.2, 0) is 0 Å². The lowest BCUT2D eigenvalue weighted by molar-refractivity contribution is 0.311. The molecule has 0 aliphatic heterocycles. The van der Waals surface area contributed by atoms with Gasteiger partial charge in [-0.25, -0.2) is 15.0 Å². The summed E-state index contributed by atoms with van der Waals surface area (Å²) in [4.78, 5) is 15.7. The van der Waals surface area contributed by atoms with Gasteiger partial charge in [-0.2, -0.15) is 0 Å². The molecule has 3 rings (SSSR count). The van der Waals surface area contributed by atoms with Gasteiger partial charge in [0.1, 0.15) is 18.0 Å². The highest BCUT2D eigenvalue weighted by molar-refractivity contribution is 7.12. The summed E-state index contributed by atoms with van der Waals surface area (Å²) >= 11 is 1.46. The van der Waals surface area contributed by atoms with Crippen LogP contribution in [0, 0.1) is 5.41 Å². The lowest BCUT2D eigenvalue weighted by Gasteiger charge is -2.14. The van der Waals surface area contributed by atoms with Crippen LogP contribution >= 0.6 is 11.3 Å². The molecule has 0 aromatic carbocycles. The highest BCUT2D eigenvalue weighted by Gasteiger charge is 2.14. The molecule has 0 saturated carbocycles. The lowest BCUT2D eigenvalue weighted by Crippen LogP contribution is -2.11. The van der Waals surface area contributed by atoms with Crippen molar-refractivity contribution in [3.8, 4) is 16.3 Å². The van der Waals surface area contributed by atoms with Gasteiger partial charge in [-0.05, 0) is 23.0 Å². The fraction of sp³-hybridized carbons (Fsp3) is 0.300. The Balaban J connectivity index is 1.69. The number of azide groups is 1. The minimum atomic E-state index is -0.0421. The van der Waals surface area contributed by atoms with Gasteiger partial charge < -0.3 is 25.9 Å². The Morgan fingerprint density at radius 3 is 3.00 bits per heavy atom. The Bertz CT molecular complexity index is 1100. The van der Waals surface area contributed by atoms with E-state index >= 15 is 0 Å². The van der Waals surface area contributed by atoms with Crippen LogP contribution in [0.15, 0.2) is 41.2 Å². The Hall–Kier alpha value is -3.73. The van der Waals surface area contributed by atoms with Gasteiger partial charge in [0, 0.05) is 59.1 Å². The van der Waals surface area contributed by atoms with Gasteiger partial charge in [0.2, 0.25) is 0 Å². The quantitative estimate of drug-likeness (QED) is 0.140. The van der Waals surface area contributed by atoms with Crippen molar-refractivity contribution in [1.29, 1.82) is 5.41 Å². The third-order valence-corrected chi connectivity index (χ3v) is 5.37. The van der Waals surface area contributed by atoms with Crippen LogP contribution in [0.1, 0.15) is 24.0 Å². The first-order valence-corrected chi connectivity index (χ1v) is 10.7. The van der Waals surface area contributed by atoms with E-state index in [0.717, 1.165) is 16.2 Å². The Labute approximate surface area is 188 Å². The second kappa shape index (κ2) is 11.6. The maximum atomic E-state index is 8.97. The van der Waals surface area contributed by atoms with E-state index in [2.05, 4.69) is 42.5 Å². The SMILES string of the molecule is CC(CNc1cc(-c2cnc(NCCO)c(C=N)c2)ncn1)c1ccsc1OCN=[N+]=[N-]. The van der Waals surface area contributed by atoms with E-state index in [1.54, 1.807) is 6.20 Å². The number of pyridine rings is 1. The number of aliphatic hydroxyl groups is 1. The van der Waals surface area contributed by atoms with Crippen LogP contribution in [0.5, 0.6) is 5.06 Å². The van der Waals surface area contributed by atoms with Crippen molar-refractivity contribution in [3.05, 3.63) is 57.7 Å². The third-order valence-electron chi connectivity index (χ3n) is 4.54. The van der Waals surface area contributed by atoms with E-state index in [0.29, 0.717) is 36.0 Å². The molecular weight excluding hydrogens is 430 g/mol. The van der Waals surface area contributed by atoms with E-state index in [1.807, 2.05) is 23.6 Å². The van der Waals surface area contributed by atoms with Crippen molar-refractivity contribution >= 4 is 29.2 Å². The second-order valence-corrected chi connectivity index (χ2v) is 7.57. The van der Waals surface area contributed by atoms with Crippen molar-refractivity contribution in [2.24, 2.45) is 5.11 Å². The van der Waals surface area contributed by atoms with Gasteiger partial charge in [0.05, 0.1) is 12.3 Å². The molecule has 12 heteroatoms. The van der Waals surface area contributed by atoms with E-state index in [4.69, 9.17) is 20.8 Å². The number of rotatable bonds is 12. The van der Waals surface area contributed by atoms with Crippen LogP contribution in [-0.4, -0.2) is 52.7 Å². The van der Waals surface area contributed by atoms with Crippen molar-refractivity contribution in [2.45, 2.75) is 12.8 Å². The van der Waals surface area contributed by atoms with Gasteiger partial charge in [-0.15, -0.1) is 11.3 Å². The first-order valence-electron chi connectivity index (χ1n) is 9.78. The maximum absolute atomic E-state index is 8.97. The van der Waals surface area contributed by atoms with Crippen LogP contribution < -0.4 is 15.4 Å². The highest BCUT2D eigenvalue weighted by atomic mass is 32.1. The largest absolute Gasteiger partial charge is 0.478 e. The molecule has 0 spiro atoms. The zero-order valence-corrected chi connectivity index (χ0v) is 18.2. The van der Waals surface area contributed by atoms with Gasteiger partial charge in [-0.3, -0.25) is 0 Å². The zero-order chi connectivity index (χ0) is 22.8. The van der Waals surface area contributed by atoms with Crippen LogP contribution in [0.2, 0.25) is 0 Å². The molecule has 0 fully saturated rings. The molecule has 1 atom stereocenters. The fourth-order valence-corrected chi connectivity index (χ4v) is 3.80. The predicted octanol–water partition coefficient (Wildman–Crippen LogP) is 3.86.